The van der Waals surface area contributed by atoms with Crippen LogP contribution in [-0.4, -0.2) is 49.4 Å². The Bertz CT molecular complexity index is 1000. The van der Waals surface area contributed by atoms with Gasteiger partial charge in [0.15, 0.2) is 11.6 Å². The number of likely N-dealkylation sites (tertiary alicyclic amines) is 1. The van der Waals surface area contributed by atoms with Gasteiger partial charge in [-0.1, -0.05) is 18.2 Å². The second kappa shape index (κ2) is 9.00. The largest absolute Gasteiger partial charge is 0.441 e. The molecule has 2 aliphatic heterocycles. The Morgan fingerprint density at radius 1 is 1.16 bits per heavy atom. The van der Waals surface area contributed by atoms with E-state index < -0.39 is 23.3 Å². The summed E-state index contributed by atoms with van der Waals surface area (Å²) in [6, 6.07) is 12.7. The maximum Gasteiger partial charge on any atom is 0.407 e. The fourth-order valence-electron chi connectivity index (χ4n) is 4.10. The molecule has 31 heavy (non-hydrogen) atoms. The third kappa shape index (κ3) is 4.84. The standard InChI is InChI=1S/C23H23F2N3O3/c24-19-5-4-18(13-20(19)25)21(17-3-1-2-16(12-17)14-26)30-11-10-28-8-6-23(7-9-28)15-27-22(29)31-23/h1-5,12-13,21H,6-11,15H2,(H,27,29). The minimum absolute atomic E-state index is 0.356. The molecule has 2 aromatic rings. The number of rotatable bonds is 6. The zero-order valence-electron chi connectivity index (χ0n) is 16.9. The molecule has 0 aliphatic carbocycles. The summed E-state index contributed by atoms with van der Waals surface area (Å²) < 4.78 is 38.8. The maximum atomic E-state index is 13.9. The van der Waals surface area contributed by atoms with E-state index in [0.29, 0.717) is 36.4 Å². The van der Waals surface area contributed by atoms with E-state index in [9.17, 15) is 18.8 Å². The van der Waals surface area contributed by atoms with Crippen molar-refractivity contribution in [3.05, 3.63) is 70.8 Å². The molecule has 0 bridgehead atoms. The van der Waals surface area contributed by atoms with Gasteiger partial charge >= 0.3 is 6.09 Å². The van der Waals surface area contributed by atoms with E-state index in [1.54, 1.807) is 24.3 Å². The van der Waals surface area contributed by atoms with Crippen molar-refractivity contribution >= 4 is 6.09 Å². The van der Waals surface area contributed by atoms with Crippen molar-refractivity contribution in [1.82, 2.24) is 10.2 Å². The van der Waals surface area contributed by atoms with Crippen molar-refractivity contribution in [2.75, 3.05) is 32.8 Å². The minimum Gasteiger partial charge on any atom is -0.441 e. The first kappa shape index (κ1) is 21.2. The zero-order chi connectivity index (χ0) is 21.8. The van der Waals surface area contributed by atoms with Crippen LogP contribution in [0.3, 0.4) is 0 Å². The second-order valence-electron chi connectivity index (χ2n) is 7.93. The van der Waals surface area contributed by atoms with Gasteiger partial charge in [0.25, 0.3) is 0 Å². The van der Waals surface area contributed by atoms with Gasteiger partial charge in [-0.25, -0.2) is 13.6 Å². The molecule has 162 valence electrons. The monoisotopic (exact) mass is 427 g/mol. The first-order valence-electron chi connectivity index (χ1n) is 10.2. The predicted molar refractivity (Wildman–Crippen MR) is 108 cm³/mol. The first-order chi connectivity index (χ1) is 15.0. The number of amides is 1. The topological polar surface area (TPSA) is 74.6 Å². The summed E-state index contributed by atoms with van der Waals surface area (Å²) in [6.07, 6.45) is 0.524. The third-order valence-corrected chi connectivity index (χ3v) is 5.89. The van der Waals surface area contributed by atoms with E-state index in [2.05, 4.69) is 16.3 Å². The molecule has 0 radical (unpaired) electrons. The SMILES string of the molecule is N#Cc1cccc(C(OCCN2CCC3(CC2)CNC(=O)O3)c2ccc(F)c(F)c2)c1. The van der Waals surface area contributed by atoms with Gasteiger partial charge < -0.3 is 19.7 Å². The molecule has 0 saturated carbocycles. The lowest BCUT2D eigenvalue weighted by molar-refractivity contribution is -0.0105. The molecule has 1 unspecified atom stereocenters. The average Bonchev–Trinajstić information content (AvgIpc) is 3.14. The molecule has 2 aromatic carbocycles. The number of piperidine rings is 1. The Labute approximate surface area is 179 Å². The molecule has 2 aliphatic rings. The summed E-state index contributed by atoms with van der Waals surface area (Å²) in [5, 5.41) is 11.9. The molecule has 4 rings (SSSR count). The molecule has 1 N–H and O–H groups in total. The van der Waals surface area contributed by atoms with E-state index in [0.717, 1.165) is 38.1 Å². The Kier molecular flexibility index (Phi) is 6.16. The lowest BCUT2D eigenvalue weighted by Gasteiger charge is -2.37. The first-order valence-corrected chi connectivity index (χ1v) is 10.2. The van der Waals surface area contributed by atoms with E-state index in [-0.39, 0.29) is 6.09 Å². The molecule has 1 amide bonds. The van der Waals surface area contributed by atoms with E-state index in [1.807, 2.05) is 0 Å². The Morgan fingerprint density at radius 2 is 1.94 bits per heavy atom. The average molecular weight is 427 g/mol. The number of nitriles is 1. The lowest BCUT2D eigenvalue weighted by atomic mass is 9.92. The highest BCUT2D eigenvalue weighted by Crippen LogP contribution is 2.30. The van der Waals surface area contributed by atoms with Crippen molar-refractivity contribution < 1.29 is 23.0 Å². The summed E-state index contributed by atoms with van der Waals surface area (Å²) in [5.41, 5.74) is 1.25. The Morgan fingerprint density at radius 3 is 2.61 bits per heavy atom. The number of hydrogen-bond acceptors (Lipinski definition) is 5. The van der Waals surface area contributed by atoms with Gasteiger partial charge in [-0.2, -0.15) is 5.26 Å². The minimum atomic E-state index is -0.941. The van der Waals surface area contributed by atoms with Crippen LogP contribution in [0, 0.1) is 23.0 Å². The van der Waals surface area contributed by atoms with Gasteiger partial charge in [-0.05, 0) is 35.4 Å². The molecule has 0 aromatic heterocycles. The normalized spacial score (nSPS) is 18.9. The van der Waals surface area contributed by atoms with Crippen LogP contribution in [0.4, 0.5) is 13.6 Å². The second-order valence-corrected chi connectivity index (χ2v) is 7.93. The van der Waals surface area contributed by atoms with Gasteiger partial charge in [0.1, 0.15) is 11.7 Å². The highest BCUT2D eigenvalue weighted by atomic mass is 19.2. The molecule has 2 heterocycles. The molecular weight excluding hydrogens is 404 g/mol. The Balaban J connectivity index is 1.41. The predicted octanol–water partition coefficient (Wildman–Crippen LogP) is 3.52. The fourth-order valence-corrected chi connectivity index (χ4v) is 4.10. The quantitative estimate of drug-likeness (QED) is 0.764. The number of carbonyl (C=O) groups excluding carboxylic acids is 1. The summed E-state index contributed by atoms with van der Waals surface area (Å²) in [6.45, 7) is 3.11. The van der Waals surface area contributed by atoms with Crippen LogP contribution < -0.4 is 5.32 Å². The number of nitrogens with one attached hydrogen (secondary N) is 1. The Hall–Kier alpha value is -3.02. The van der Waals surface area contributed by atoms with Crippen molar-refractivity contribution in [1.29, 1.82) is 5.26 Å². The van der Waals surface area contributed by atoms with E-state index in [4.69, 9.17) is 9.47 Å². The van der Waals surface area contributed by atoms with Gasteiger partial charge in [0.05, 0.1) is 24.8 Å². The molecule has 2 fully saturated rings. The lowest BCUT2D eigenvalue weighted by Crippen LogP contribution is -2.47. The molecule has 6 nitrogen and oxygen atoms in total. The van der Waals surface area contributed by atoms with Crippen molar-refractivity contribution in [2.24, 2.45) is 0 Å². The number of alkyl carbamates (subject to hydrolysis) is 1. The summed E-state index contributed by atoms with van der Waals surface area (Å²) in [7, 11) is 0. The smallest absolute Gasteiger partial charge is 0.407 e. The molecular formula is C23H23F2N3O3. The number of benzene rings is 2. The highest BCUT2D eigenvalue weighted by Gasteiger charge is 2.42. The van der Waals surface area contributed by atoms with Crippen LogP contribution in [0.15, 0.2) is 42.5 Å². The van der Waals surface area contributed by atoms with Crippen LogP contribution in [0.25, 0.3) is 0 Å². The number of ether oxygens (including phenoxy) is 2. The number of nitrogens with zero attached hydrogens (tertiary/aromatic N) is 2. The third-order valence-electron chi connectivity index (χ3n) is 5.89. The van der Waals surface area contributed by atoms with Gasteiger partial charge in [-0.3, -0.25) is 0 Å². The van der Waals surface area contributed by atoms with Crippen molar-refractivity contribution in [2.45, 2.75) is 24.5 Å². The van der Waals surface area contributed by atoms with Gasteiger partial charge in [0.2, 0.25) is 0 Å². The number of halogens is 2. The highest BCUT2D eigenvalue weighted by molar-refractivity contribution is 5.70. The van der Waals surface area contributed by atoms with Crippen LogP contribution in [0.5, 0.6) is 0 Å². The molecule has 8 heteroatoms. The van der Waals surface area contributed by atoms with Crippen LogP contribution in [0.1, 0.15) is 35.6 Å². The van der Waals surface area contributed by atoms with Crippen molar-refractivity contribution in [3.63, 3.8) is 0 Å². The number of carbonyl (C=O) groups is 1. The molecule has 2 saturated heterocycles. The summed E-state index contributed by atoms with van der Waals surface area (Å²) in [4.78, 5) is 13.6. The van der Waals surface area contributed by atoms with Crippen molar-refractivity contribution in [3.8, 4) is 6.07 Å². The van der Waals surface area contributed by atoms with Crippen LogP contribution in [-0.2, 0) is 9.47 Å². The van der Waals surface area contributed by atoms with Crippen LogP contribution in [0.2, 0.25) is 0 Å². The van der Waals surface area contributed by atoms with Gasteiger partial charge in [0, 0.05) is 32.5 Å². The molecule has 1 spiro atoms. The fraction of sp³-hybridized carbons (Fsp3) is 0.391. The van der Waals surface area contributed by atoms with Crippen LogP contribution >= 0.6 is 0 Å². The number of hydrogen-bond donors (Lipinski definition) is 1. The summed E-state index contributed by atoms with van der Waals surface area (Å²) in [5.74, 6) is -1.86. The molecule has 1 atom stereocenters. The van der Waals surface area contributed by atoms with Gasteiger partial charge in [-0.15, -0.1) is 0 Å². The van der Waals surface area contributed by atoms with E-state index >= 15 is 0 Å². The maximum absolute atomic E-state index is 13.9. The zero-order valence-corrected chi connectivity index (χ0v) is 16.9. The summed E-state index contributed by atoms with van der Waals surface area (Å²) >= 11 is 0. The van der Waals surface area contributed by atoms with E-state index in [1.165, 1.54) is 6.07 Å².